The molecule has 1 aliphatic rings. The molecule has 1 aliphatic heterocycles. The first kappa shape index (κ1) is 18.9. The molecule has 3 rings (SSSR count). The Labute approximate surface area is 160 Å². The summed E-state index contributed by atoms with van der Waals surface area (Å²) in [5, 5.41) is 2.94. The van der Waals surface area contributed by atoms with Crippen LogP contribution in [0.15, 0.2) is 30.5 Å². The molecule has 0 unspecified atom stereocenters. The third kappa shape index (κ3) is 4.87. The zero-order valence-corrected chi connectivity index (χ0v) is 16.2. The molecule has 2 heterocycles. The van der Waals surface area contributed by atoms with Crippen molar-refractivity contribution in [3.63, 3.8) is 0 Å². The number of hydrogen-bond acceptors (Lipinski definition) is 6. The highest BCUT2D eigenvalue weighted by Crippen LogP contribution is 2.25. The first-order valence-corrected chi connectivity index (χ1v) is 9.29. The SMILES string of the molecule is COc1ccc(CC(=O)Nc2cnc(N3CCCCC3)nc2N(C)C)cc1. The quantitative estimate of drug-likeness (QED) is 0.844. The molecule has 0 spiro atoms. The van der Waals surface area contributed by atoms with Crippen LogP contribution >= 0.6 is 0 Å². The number of hydrogen-bond donors (Lipinski definition) is 1. The Morgan fingerprint density at radius 3 is 2.52 bits per heavy atom. The lowest BCUT2D eigenvalue weighted by atomic mass is 10.1. The molecule has 0 atom stereocenters. The van der Waals surface area contributed by atoms with Crippen molar-refractivity contribution in [2.24, 2.45) is 0 Å². The number of methoxy groups -OCH3 is 1. The monoisotopic (exact) mass is 369 g/mol. The Balaban J connectivity index is 1.71. The van der Waals surface area contributed by atoms with E-state index in [1.807, 2.05) is 43.3 Å². The van der Waals surface area contributed by atoms with Crippen molar-refractivity contribution < 1.29 is 9.53 Å². The molecule has 27 heavy (non-hydrogen) atoms. The number of nitrogens with one attached hydrogen (secondary N) is 1. The van der Waals surface area contributed by atoms with E-state index in [4.69, 9.17) is 4.74 Å². The van der Waals surface area contributed by atoms with Crippen molar-refractivity contribution in [3.8, 4) is 5.75 Å². The van der Waals surface area contributed by atoms with Crippen LogP contribution in [-0.2, 0) is 11.2 Å². The topological polar surface area (TPSA) is 70.6 Å². The maximum absolute atomic E-state index is 12.5. The standard InChI is InChI=1S/C20H27N5O2/c1-24(2)19-17(14-21-20(23-19)25-11-5-4-6-12-25)22-18(26)13-15-7-9-16(27-3)10-8-15/h7-10,14H,4-6,11-13H2,1-3H3,(H,22,26). The van der Waals surface area contributed by atoms with Crippen molar-refractivity contribution in [2.45, 2.75) is 25.7 Å². The molecule has 1 amide bonds. The van der Waals surface area contributed by atoms with E-state index in [1.54, 1.807) is 13.3 Å². The number of piperidine rings is 1. The second kappa shape index (κ2) is 8.70. The zero-order valence-electron chi connectivity index (χ0n) is 16.2. The normalized spacial score (nSPS) is 14.0. The van der Waals surface area contributed by atoms with Crippen LogP contribution in [0.5, 0.6) is 5.75 Å². The highest BCUT2D eigenvalue weighted by molar-refractivity contribution is 5.94. The fraction of sp³-hybridized carbons (Fsp3) is 0.450. The van der Waals surface area contributed by atoms with Crippen LogP contribution < -0.4 is 19.9 Å². The molecule has 0 aliphatic carbocycles. The molecule has 144 valence electrons. The van der Waals surface area contributed by atoms with Crippen molar-refractivity contribution in [3.05, 3.63) is 36.0 Å². The van der Waals surface area contributed by atoms with Gasteiger partial charge in [-0.1, -0.05) is 12.1 Å². The second-order valence-electron chi connectivity index (χ2n) is 6.92. The van der Waals surface area contributed by atoms with Crippen LogP contribution in [0.25, 0.3) is 0 Å². The Kier molecular flexibility index (Phi) is 6.11. The molecule has 1 aromatic carbocycles. The van der Waals surface area contributed by atoms with Gasteiger partial charge in [-0.15, -0.1) is 0 Å². The van der Waals surface area contributed by atoms with Crippen LogP contribution in [0.3, 0.4) is 0 Å². The molecule has 1 saturated heterocycles. The van der Waals surface area contributed by atoms with E-state index < -0.39 is 0 Å². The summed E-state index contributed by atoms with van der Waals surface area (Å²) < 4.78 is 5.15. The number of amides is 1. The largest absolute Gasteiger partial charge is 0.497 e. The van der Waals surface area contributed by atoms with Gasteiger partial charge in [-0.2, -0.15) is 4.98 Å². The molecule has 7 heteroatoms. The van der Waals surface area contributed by atoms with Crippen molar-refractivity contribution in [1.82, 2.24) is 9.97 Å². The molecule has 0 saturated carbocycles. The first-order chi connectivity index (χ1) is 13.1. The maximum atomic E-state index is 12.5. The number of carbonyl (C=O) groups is 1. The van der Waals surface area contributed by atoms with E-state index in [-0.39, 0.29) is 12.3 Å². The summed E-state index contributed by atoms with van der Waals surface area (Å²) in [6.45, 7) is 1.96. The van der Waals surface area contributed by atoms with Crippen LogP contribution in [0.4, 0.5) is 17.5 Å². The number of aromatic nitrogens is 2. The Morgan fingerprint density at radius 1 is 1.19 bits per heavy atom. The lowest BCUT2D eigenvalue weighted by molar-refractivity contribution is -0.115. The van der Waals surface area contributed by atoms with E-state index in [0.717, 1.165) is 30.4 Å². The Hall–Kier alpha value is -2.83. The summed E-state index contributed by atoms with van der Waals surface area (Å²) in [6.07, 6.45) is 5.58. The van der Waals surface area contributed by atoms with E-state index in [1.165, 1.54) is 19.3 Å². The summed E-state index contributed by atoms with van der Waals surface area (Å²) in [4.78, 5) is 25.8. The van der Waals surface area contributed by atoms with Gasteiger partial charge >= 0.3 is 0 Å². The van der Waals surface area contributed by atoms with Gasteiger partial charge in [0.2, 0.25) is 11.9 Å². The molecule has 1 aromatic heterocycles. The number of nitrogens with zero attached hydrogens (tertiary/aromatic N) is 4. The van der Waals surface area contributed by atoms with Gasteiger partial charge in [-0.25, -0.2) is 4.98 Å². The smallest absolute Gasteiger partial charge is 0.228 e. The van der Waals surface area contributed by atoms with E-state index in [9.17, 15) is 4.79 Å². The van der Waals surface area contributed by atoms with E-state index in [0.29, 0.717) is 11.5 Å². The summed E-state index contributed by atoms with van der Waals surface area (Å²) >= 11 is 0. The molecular weight excluding hydrogens is 342 g/mol. The summed E-state index contributed by atoms with van der Waals surface area (Å²) in [7, 11) is 5.46. The minimum atomic E-state index is -0.0995. The molecule has 7 nitrogen and oxygen atoms in total. The summed E-state index contributed by atoms with van der Waals surface area (Å²) in [5.74, 6) is 2.12. The highest BCUT2D eigenvalue weighted by atomic mass is 16.5. The lowest BCUT2D eigenvalue weighted by Gasteiger charge is -2.28. The molecular formula is C20H27N5O2. The predicted molar refractivity (Wildman–Crippen MR) is 108 cm³/mol. The molecule has 1 fully saturated rings. The van der Waals surface area contributed by atoms with Crippen molar-refractivity contribution in [2.75, 3.05) is 49.4 Å². The third-order valence-electron chi connectivity index (χ3n) is 4.62. The second-order valence-corrected chi connectivity index (χ2v) is 6.92. The van der Waals surface area contributed by atoms with Crippen LogP contribution in [0.2, 0.25) is 0 Å². The number of carbonyl (C=O) groups excluding carboxylic acids is 1. The Bertz CT molecular complexity index is 770. The first-order valence-electron chi connectivity index (χ1n) is 9.29. The maximum Gasteiger partial charge on any atom is 0.228 e. The molecule has 0 bridgehead atoms. The van der Waals surface area contributed by atoms with Crippen LogP contribution in [-0.4, -0.2) is 50.2 Å². The van der Waals surface area contributed by atoms with Crippen LogP contribution in [0.1, 0.15) is 24.8 Å². The number of anilines is 3. The zero-order chi connectivity index (χ0) is 19.2. The van der Waals surface area contributed by atoms with Gasteiger partial charge in [-0.05, 0) is 37.0 Å². The van der Waals surface area contributed by atoms with Gasteiger partial charge in [0.25, 0.3) is 0 Å². The summed E-state index contributed by atoms with van der Waals surface area (Å²) in [6, 6.07) is 7.48. The number of rotatable bonds is 6. The highest BCUT2D eigenvalue weighted by Gasteiger charge is 2.17. The van der Waals surface area contributed by atoms with Gasteiger partial charge in [0.05, 0.1) is 19.7 Å². The van der Waals surface area contributed by atoms with Gasteiger partial charge in [-0.3, -0.25) is 4.79 Å². The van der Waals surface area contributed by atoms with Gasteiger partial charge in [0, 0.05) is 27.2 Å². The minimum Gasteiger partial charge on any atom is -0.497 e. The molecule has 1 N–H and O–H groups in total. The lowest BCUT2D eigenvalue weighted by Crippen LogP contribution is -2.31. The van der Waals surface area contributed by atoms with Gasteiger partial charge in [0.15, 0.2) is 5.82 Å². The van der Waals surface area contributed by atoms with Gasteiger partial charge < -0.3 is 19.9 Å². The van der Waals surface area contributed by atoms with E-state index in [2.05, 4.69) is 20.2 Å². The predicted octanol–water partition coefficient (Wildman–Crippen LogP) is 2.72. The van der Waals surface area contributed by atoms with Crippen molar-refractivity contribution in [1.29, 1.82) is 0 Å². The number of benzene rings is 1. The minimum absolute atomic E-state index is 0.0995. The average Bonchev–Trinajstić information content (AvgIpc) is 2.69. The fourth-order valence-corrected chi connectivity index (χ4v) is 3.16. The summed E-state index contributed by atoms with van der Waals surface area (Å²) in [5.41, 5.74) is 1.55. The fourth-order valence-electron chi connectivity index (χ4n) is 3.16. The molecule has 0 radical (unpaired) electrons. The van der Waals surface area contributed by atoms with Crippen molar-refractivity contribution >= 4 is 23.4 Å². The van der Waals surface area contributed by atoms with E-state index >= 15 is 0 Å². The number of ether oxygens (including phenoxy) is 1. The Morgan fingerprint density at radius 2 is 1.89 bits per heavy atom. The average molecular weight is 369 g/mol. The third-order valence-corrected chi connectivity index (χ3v) is 4.62. The molecule has 2 aromatic rings. The van der Waals surface area contributed by atoms with Gasteiger partial charge in [0.1, 0.15) is 11.4 Å². The van der Waals surface area contributed by atoms with Crippen LogP contribution in [0, 0.1) is 0 Å².